The fraction of sp³-hybridized carbons (Fsp3) is 0.462. The van der Waals surface area contributed by atoms with E-state index in [0.717, 1.165) is 22.5 Å². The van der Waals surface area contributed by atoms with Gasteiger partial charge in [0.2, 0.25) is 0 Å². The highest BCUT2D eigenvalue weighted by molar-refractivity contribution is 9.10. The summed E-state index contributed by atoms with van der Waals surface area (Å²) in [5.74, 6) is 1.73. The number of nitrogens with zero attached hydrogens (tertiary/aromatic N) is 1. The molecule has 0 amide bonds. The lowest BCUT2D eigenvalue weighted by Crippen LogP contribution is -2.14. The number of hydrogen-bond acceptors (Lipinski definition) is 4. The van der Waals surface area contributed by atoms with E-state index >= 15 is 0 Å². The number of ether oxygens (including phenoxy) is 1. The molecule has 0 aliphatic heterocycles. The largest absolute Gasteiger partial charge is 0.465 e. The molecule has 3 nitrogen and oxygen atoms in total. The molecule has 5 heteroatoms. The third-order valence-corrected chi connectivity index (χ3v) is 4.14. The Morgan fingerprint density at radius 1 is 1.44 bits per heavy atom. The van der Waals surface area contributed by atoms with Gasteiger partial charge < -0.3 is 9.64 Å². The van der Waals surface area contributed by atoms with Gasteiger partial charge in [-0.2, -0.15) is 11.8 Å². The third kappa shape index (κ3) is 5.00. The molecule has 0 spiro atoms. The van der Waals surface area contributed by atoms with Gasteiger partial charge in [0, 0.05) is 22.5 Å². The van der Waals surface area contributed by atoms with E-state index < -0.39 is 0 Å². The van der Waals surface area contributed by atoms with E-state index in [1.54, 1.807) is 6.07 Å². The van der Waals surface area contributed by atoms with Gasteiger partial charge in [0.15, 0.2) is 0 Å². The number of carbonyl (C=O) groups excluding carboxylic acids is 1. The minimum absolute atomic E-state index is 0.303. The Morgan fingerprint density at radius 3 is 2.72 bits per heavy atom. The van der Waals surface area contributed by atoms with Crippen LogP contribution in [-0.2, 0) is 10.5 Å². The predicted octanol–water partition coefficient (Wildman–Crippen LogP) is 3.03. The van der Waals surface area contributed by atoms with Gasteiger partial charge in [-0.25, -0.2) is 4.79 Å². The van der Waals surface area contributed by atoms with E-state index in [2.05, 4.69) is 39.7 Å². The van der Waals surface area contributed by atoms with E-state index in [0.29, 0.717) is 5.56 Å². The van der Waals surface area contributed by atoms with Crippen LogP contribution in [0.4, 0.5) is 0 Å². The monoisotopic (exact) mass is 331 g/mol. The van der Waals surface area contributed by atoms with Crippen molar-refractivity contribution < 1.29 is 9.53 Å². The summed E-state index contributed by atoms with van der Waals surface area (Å²) in [6.45, 7) is 1.07. The van der Waals surface area contributed by atoms with Crippen molar-refractivity contribution in [2.75, 3.05) is 33.5 Å². The summed E-state index contributed by atoms with van der Waals surface area (Å²) in [5.41, 5.74) is 1.78. The Hall–Kier alpha value is -0.520. The zero-order chi connectivity index (χ0) is 13.5. The molecule has 0 aliphatic rings. The third-order valence-electron chi connectivity index (χ3n) is 2.41. The van der Waals surface area contributed by atoms with Gasteiger partial charge >= 0.3 is 5.97 Å². The summed E-state index contributed by atoms with van der Waals surface area (Å²) >= 11 is 5.38. The fourth-order valence-electron chi connectivity index (χ4n) is 1.34. The highest BCUT2D eigenvalue weighted by Crippen LogP contribution is 2.23. The van der Waals surface area contributed by atoms with Crippen LogP contribution >= 0.6 is 27.7 Å². The van der Waals surface area contributed by atoms with Gasteiger partial charge in [0.25, 0.3) is 0 Å². The lowest BCUT2D eigenvalue weighted by atomic mass is 10.1. The molecule has 0 radical (unpaired) electrons. The summed E-state index contributed by atoms with van der Waals surface area (Å²) in [6, 6.07) is 5.59. The van der Waals surface area contributed by atoms with Crippen LogP contribution in [0.25, 0.3) is 0 Å². The van der Waals surface area contributed by atoms with Crippen LogP contribution in [0.15, 0.2) is 22.7 Å². The number of methoxy groups -OCH3 is 1. The van der Waals surface area contributed by atoms with Crippen LogP contribution in [0.5, 0.6) is 0 Å². The van der Waals surface area contributed by atoms with Gasteiger partial charge in [-0.3, -0.25) is 0 Å². The molecule has 0 atom stereocenters. The first-order chi connectivity index (χ1) is 8.54. The second-order valence-corrected chi connectivity index (χ2v) is 6.11. The van der Waals surface area contributed by atoms with Crippen LogP contribution in [0.1, 0.15) is 15.9 Å². The van der Waals surface area contributed by atoms with Gasteiger partial charge in [0.1, 0.15) is 0 Å². The van der Waals surface area contributed by atoms with Gasteiger partial charge in [-0.1, -0.05) is 22.0 Å². The first kappa shape index (κ1) is 15.5. The Labute approximate surface area is 121 Å². The molecule has 100 valence electrons. The Bertz CT molecular complexity index is 410. The predicted molar refractivity (Wildman–Crippen MR) is 80.2 cm³/mol. The van der Waals surface area contributed by atoms with Crippen molar-refractivity contribution in [1.82, 2.24) is 4.90 Å². The fourth-order valence-corrected chi connectivity index (χ4v) is 3.15. The molecule has 0 fully saturated rings. The molecular formula is C13H18BrNO2S. The SMILES string of the molecule is COC(=O)c1ccc(CSCCN(C)C)c(Br)c1. The number of thioether (sulfide) groups is 1. The molecule has 1 rings (SSSR count). The van der Waals surface area contributed by atoms with Crippen molar-refractivity contribution in [3.63, 3.8) is 0 Å². The average Bonchev–Trinajstić information content (AvgIpc) is 2.34. The van der Waals surface area contributed by atoms with Crippen LogP contribution < -0.4 is 0 Å². The normalized spacial score (nSPS) is 10.7. The summed E-state index contributed by atoms with van der Waals surface area (Å²) in [7, 11) is 5.53. The summed E-state index contributed by atoms with van der Waals surface area (Å²) in [4.78, 5) is 13.5. The zero-order valence-electron chi connectivity index (χ0n) is 10.9. The number of rotatable bonds is 6. The molecule has 0 aromatic heterocycles. The second kappa shape index (κ2) is 7.81. The molecule has 0 unspecified atom stereocenters. The summed E-state index contributed by atoms with van der Waals surface area (Å²) < 4.78 is 5.65. The number of carbonyl (C=O) groups is 1. The number of halogens is 1. The van der Waals surface area contributed by atoms with E-state index in [1.165, 1.54) is 12.7 Å². The number of esters is 1. The lowest BCUT2D eigenvalue weighted by molar-refractivity contribution is 0.0600. The molecule has 1 aromatic rings. The van der Waals surface area contributed by atoms with E-state index in [9.17, 15) is 4.79 Å². The molecular weight excluding hydrogens is 314 g/mol. The summed E-state index contributed by atoms with van der Waals surface area (Å²) in [5, 5.41) is 0. The molecule has 0 aliphatic carbocycles. The van der Waals surface area contributed by atoms with E-state index in [4.69, 9.17) is 0 Å². The van der Waals surface area contributed by atoms with Gasteiger partial charge in [-0.05, 0) is 31.8 Å². The smallest absolute Gasteiger partial charge is 0.337 e. The second-order valence-electron chi connectivity index (χ2n) is 4.15. The minimum atomic E-state index is -0.303. The molecule has 0 saturated heterocycles. The average molecular weight is 332 g/mol. The van der Waals surface area contributed by atoms with Crippen molar-refractivity contribution in [2.45, 2.75) is 5.75 Å². The quantitative estimate of drug-likeness (QED) is 0.592. The van der Waals surface area contributed by atoms with E-state index in [1.807, 2.05) is 23.9 Å². The van der Waals surface area contributed by atoms with Crippen LogP contribution in [0.2, 0.25) is 0 Å². The maximum atomic E-state index is 11.4. The minimum Gasteiger partial charge on any atom is -0.465 e. The van der Waals surface area contributed by atoms with Gasteiger partial charge in [-0.15, -0.1) is 0 Å². The van der Waals surface area contributed by atoms with Crippen molar-refractivity contribution in [3.05, 3.63) is 33.8 Å². The lowest BCUT2D eigenvalue weighted by Gasteiger charge is -2.10. The standard InChI is InChI=1S/C13H18BrNO2S/c1-15(2)6-7-18-9-11-5-4-10(8-12(11)14)13(16)17-3/h4-5,8H,6-7,9H2,1-3H3. The van der Waals surface area contributed by atoms with Crippen molar-refractivity contribution >= 4 is 33.7 Å². The van der Waals surface area contributed by atoms with Crippen molar-refractivity contribution in [1.29, 1.82) is 0 Å². The Kier molecular flexibility index (Phi) is 6.75. The van der Waals surface area contributed by atoms with Crippen LogP contribution in [-0.4, -0.2) is 44.4 Å². The van der Waals surface area contributed by atoms with Crippen molar-refractivity contribution in [3.8, 4) is 0 Å². The van der Waals surface area contributed by atoms with Crippen LogP contribution in [0, 0.1) is 0 Å². The number of benzene rings is 1. The maximum Gasteiger partial charge on any atom is 0.337 e. The van der Waals surface area contributed by atoms with E-state index in [-0.39, 0.29) is 5.97 Å². The van der Waals surface area contributed by atoms with Crippen LogP contribution in [0.3, 0.4) is 0 Å². The first-order valence-corrected chi connectivity index (χ1v) is 7.58. The Balaban J connectivity index is 2.55. The zero-order valence-corrected chi connectivity index (χ0v) is 13.3. The molecule has 18 heavy (non-hydrogen) atoms. The first-order valence-electron chi connectivity index (χ1n) is 5.64. The molecule has 0 heterocycles. The molecule has 0 saturated carbocycles. The summed E-state index contributed by atoms with van der Waals surface area (Å²) in [6.07, 6.45) is 0. The molecule has 1 aromatic carbocycles. The topological polar surface area (TPSA) is 29.5 Å². The molecule has 0 N–H and O–H groups in total. The van der Waals surface area contributed by atoms with Crippen molar-refractivity contribution in [2.24, 2.45) is 0 Å². The Morgan fingerprint density at radius 2 is 2.17 bits per heavy atom. The van der Waals surface area contributed by atoms with Gasteiger partial charge in [0.05, 0.1) is 12.7 Å². The highest BCUT2D eigenvalue weighted by Gasteiger charge is 2.08. The highest BCUT2D eigenvalue weighted by atomic mass is 79.9. The number of hydrogen-bond donors (Lipinski definition) is 0. The molecule has 0 bridgehead atoms. The maximum absolute atomic E-state index is 11.4.